The fraction of sp³-hybridized carbons (Fsp3) is 0.575. The first-order valence-electron chi connectivity index (χ1n) is 19.5. The van der Waals surface area contributed by atoms with E-state index < -0.39 is 11.4 Å². The third-order valence-electron chi connectivity index (χ3n) is 9.09. The van der Waals surface area contributed by atoms with E-state index in [0.29, 0.717) is 70.8 Å². The molecule has 1 aliphatic heterocycles. The van der Waals surface area contributed by atoms with Crippen LogP contribution >= 0.6 is 0 Å². The van der Waals surface area contributed by atoms with Crippen LogP contribution in [0.2, 0.25) is 0 Å². The van der Waals surface area contributed by atoms with E-state index in [-0.39, 0.29) is 73.8 Å². The molecule has 3 amide bonds. The zero-order valence-electron chi connectivity index (χ0n) is 34.5. The molecule has 318 valence electrons. The molecule has 2 aromatic heterocycles. The number of aromatic nitrogens is 3. The summed E-state index contributed by atoms with van der Waals surface area (Å²) in [6.07, 6.45) is 2.78. The van der Waals surface area contributed by atoms with Gasteiger partial charge in [-0.3, -0.25) is 19.4 Å². The largest absolute Gasteiger partial charge is 0.379 e. The predicted molar refractivity (Wildman–Crippen MR) is 217 cm³/mol. The summed E-state index contributed by atoms with van der Waals surface area (Å²) in [5, 5.41) is 11.0. The molecule has 0 saturated carbocycles. The van der Waals surface area contributed by atoms with Crippen molar-refractivity contribution in [3.8, 4) is 11.3 Å². The number of piperazine rings is 1. The number of rotatable bonds is 22. The Labute approximate surface area is 339 Å². The Morgan fingerprint density at radius 2 is 1.53 bits per heavy atom. The molecule has 0 spiro atoms. The molecule has 1 aromatic carbocycles. The SMILES string of the molecule is CCOCCOCCOCCOCCOCCNC(=O)CN=CC(=NN)C(=O)N1CCN(C(=O)c2cn3nc(-c4ccc(F)cc4)cc(C(C)(C)C)c3n2)C(C)(C)C1. The smallest absolute Gasteiger partial charge is 0.275 e. The van der Waals surface area contributed by atoms with E-state index in [4.69, 9.17) is 39.6 Å². The van der Waals surface area contributed by atoms with Crippen LogP contribution < -0.4 is 11.2 Å². The van der Waals surface area contributed by atoms with Crippen LogP contribution in [0.4, 0.5) is 4.39 Å². The number of carbonyl (C=O) groups is 3. The number of ether oxygens (including phenoxy) is 5. The summed E-state index contributed by atoms with van der Waals surface area (Å²) in [5.41, 5.74) is 1.73. The molecular weight excluding hydrogens is 753 g/mol. The molecule has 0 atom stereocenters. The molecule has 0 radical (unpaired) electrons. The van der Waals surface area contributed by atoms with Crippen LogP contribution in [-0.2, 0) is 38.7 Å². The fourth-order valence-electron chi connectivity index (χ4n) is 6.10. The van der Waals surface area contributed by atoms with Crippen molar-refractivity contribution in [3.63, 3.8) is 0 Å². The normalized spacial score (nSPS) is 14.8. The highest BCUT2D eigenvalue weighted by molar-refractivity contribution is 6.60. The van der Waals surface area contributed by atoms with Crippen LogP contribution in [0.15, 0.2) is 46.6 Å². The first-order valence-corrected chi connectivity index (χ1v) is 19.5. The number of aliphatic imine (C=N–C) groups is 1. The first-order chi connectivity index (χ1) is 27.7. The number of hydrogen-bond acceptors (Lipinski definition) is 13. The molecule has 1 aliphatic rings. The van der Waals surface area contributed by atoms with Crippen molar-refractivity contribution in [2.24, 2.45) is 15.9 Å². The lowest BCUT2D eigenvalue weighted by Gasteiger charge is -2.46. The average molecular weight is 812 g/mol. The summed E-state index contributed by atoms with van der Waals surface area (Å²) in [7, 11) is 0. The molecule has 3 N–H and O–H groups in total. The van der Waals surface area contributed by atoms with Gasteiger partial charge in [-0.1, -0.05) is 20.8 Å². The molecule has 3 aromatic rings. The number of fused-ring (bicyclic) bond motifs is 1. The monoisotopic (exact) mass is 811 g/mol. The van der Waals surface area contributed by atoms with Crippen LogP contribution in [0.3, 0.4) is 0 Å². The number of nitrogens with zero attached hydrogens (tertiary/aromatic N) is 7. The van der Waals surface area contributed by atoms with Gasteiger partial charge in [0.2, 0.25) is 5.91 Å². The highest BCUT2D eigenvalue weighted by atomic mass is 19.1. The second kappa shape index (κ2) is 22.3. The van der Waals surface area contributed by atoms with Crippen LogP contribution in [0.1, 0.15) is 57.6 Å². The third kappa shape index (κ3) is 13.6. The molecule has 0 aliphatic carbocycles. The lowest BCUT2D eigenvalue weighted by molar-refractivity contribution is -0.128. The van der Waals surface area contributed by atoms with Gasteiger partial charge in [0, 0.05) is 43.9 Å². The van der Waals surface area contributed by atoms with E-state index in [1.165, 1.54) is 18.3 Å². The Morgan fingerprint density at radius 1 is 0.931 bits per heavy atom. The number of amides is 3. The minimum Gasteiger partial charge on any atom is -0.379 e. The van der Waals surface area contributed by atoms with E-state index in [1.807, 2.05) is 47.6 Å². The molecule has 18 heteroatoms. The topological polar surface area (TPSA) is 197 Å². The summed E-state index contributed by atoms with van der Waals surface area (Å²) in [4.78, 5) is 51.7. The van der Waals surface area contributed by atoms with Gasteiger partial charge in [-0.15, -0.1) is 0 Å². The number of hydrazone groups is 1. The Bertz CT molecular complexity index is 1860. The van der Waals surface area contributed by atoms with Crippen molar-refractivity contribution >= 4 is 35.3 Å². The van der Waals surface area contributed by atoms with Crippen molar-refractivity contribution in [2.45, 2.75) is 52.5 Å². The summed E-state index contributed by atoms with van der Waals surface area (Å²) in [6.45, 7) is 17.2. The number of imidazole rings is 1. The molecule has 4 rings (SSSR count). The maximum atomic E-state index is 14.0. The van der Waals surface area contributed by atoms with Crippen molar-refractivity contribution in [3.05, 3.63) is 53.6 Å². The van der Waals surface area contributed by atoms with Gasteiger partial charge in [0.15, 0.2) is 11.4 Å². The molecule has 0 unspecified atom stereocenters. The minimum absolute atomic E-state index is 0.124. The Morgan fingerprint density at radius 3 is 2.10 bits per heavy atom. The molecule has 1 fully saturated rings. The van der Waals surface area contributed by atoms with Gasteiger partial charge in [0.1, 0.15) is 18.1 Å². The van der Waals surface area contributed by atoms with Gasteiger partial charge in [-0.2, -0.15) is 10.2 Å². The highest BCUT2D eigenvalue weighted by Gasteiger charge is 2.40. The number of halogens is 1. The van der Waals surface area contributed by atoms with Crippen molar-refractivity contribution in [2.75, 3.05) is 98.8 Å². The van der Waals surface area contributed by atoms with Crippen molar-refractivity contribution in [1.82, 2.24) is 29.7 Å². The lowest BCUT2D eigenvalue weighted by Crippen LogP contribution is -2.63. The second-order valence-corrected chi connectivity index (χ2v) is 15.1. The zero-order chi connectivity index (χ0) is 42.1. The van der Waals surface area contributed by atoms with E-state index in [9.17, 15) is 18.8 Å². The molecule has 58 heavy (non-hydrogen) atoms. The molecule has 0 bridgehead atoms. The summed E-state index contributed by atoms with van der Waals surface area (Å²) >= 11 is 0. The van der Waals surface area contributed by atoms with E-state index >= 15 is 0 Å². The van der Waals surface area contributed by atoms with Gasteiger partial charge >= 0.3 is 0 Å². The first kappa shape index (κ1) is 45.8. The van der Waals surface area contributed by atoms with Crippen LogP contribution in [0, 0.1) is 5.82 Å². The highest BCUT2D eigenvalue weighted by Crippen LogP contribution is 2.31. The van der Waals surface area contributed by atoms with Gasteiger partial charge in [0.25, 0.3) is 11.8 Å². The number of carbonyl (C=O) groups excluding carboxylic acids is 3. The van der Waals surface area contributed by atoms with Crippen LogP contribution in [-0.4, -0.2) is 158 Å². The molecular formula is C40H58FN9O8. The third-order valence-corrected chi connectivity index (χ3v) is 9.09. The van der Waals surface area contributed by atoms with E-state index in [1.54, 1.807) is 32.6 Å². The van der Waals surface area contributed by atoms with Crippen molar-refractivity contribution in [1.29, 1.82) is 0 Å². The van der Waals surface area contributed by atoms with Crippen molar-refractivity contribution < 1.29 is 42.5 Å². The van der Waals surface area contributed by atoms with Gasteiger partial charge in [0.05, 0.1) is 83.1 Å². The standard InChI is InChI=1S/C40H58FN9O8/c1-7-54-16-17-56-20-21-58-23-22-57-19-18-55-15-12-44-35(51)26-43-25-33(46-42)37(52)48-13-14-49(40(5,6)28-48)38(53)34-27-50-36(45-34)31(39(2,3)4)24-32(47-50)29-8-10-30(41)11-9-29/h8-11,24-25,27H,7,12-23,26,28,42H2,1-6H3,(H,44,51). The summed E-state index contributed by atoms with van der Waals surface area (Å²) < 4.78 is 42.1. The molecule has 17 nitrogen and oxygen atoms in total. The van der Waals surface area contributed by atoms with Gasteiger partial charge in [-0.05, 0) is 56.5 Å². The lowest BCUT2D eigenvalue weighted by atomic mass is 9.87. The van der Waals surface area contributed by atoms with Crippen LogP contribution in [0.25, 0.3) is 16.9 Å². The maximum absolute atomic E-state index is 14.0. The quantitative estimate of drug-likeness (QED) is 0.0655. The summed E-state index contributed by atoms with van der Waals surface area (Å²) in [6, 6.07) is 8.00. The number of benzene rings is 1. The summed E-state index contributed by atoms with van der Waals surface area (Å²) in [5.74, 6) is 4.07. The zero-order valence-corrected chi connectivity index (χ0v) is 34.5. The van der Waals surface area contributed by atoms with E-state index in [0.717, 1.165) is 11.1 Å². The van der Waals surface area contributed by atoms with Gasteiger partial charge in [-0.25, -0.2) is 13.9 Å². The van der Waals surface area contributed by atoms with Gasteiger partial charge < -0.3 is 44.6 Å². The Kier molecular flexibility index (Phi) is 17.6. The Hall–Kier alpha value is -4.88. The fourth-order valence-corrected chi connectivity index (χ4v) is 6.10. The average Bonchev–Trinajstić information content (AvgIpc) is 3.62. The maximum Gasteiger partial charge on any atom is 0.275 e. The Balaban J connectivity index is 1.20. The second-order valence-electron chi connectivity index (χ2n) is 15.1. The van der Waals surface area contributed by atoms with E-state index in [2.05, 4.69) is 15.4 Å². The minimum atomic E-state index is -0.792. The predicted octanol–water partition coefficient (Wildman–Crippen LogP) is 2.50. The number of hydrogen-bond donors (Lipinski definition) is 2. The molecule has 3 heterocycles. The molecule has 1 saturated heterocycles. The number of nitrogens with one attached hydrogen (secondary N) is 1. The van der Waals surface area contributed by atoms with Crippen LogP contribution in [0.5, 0.6) is 0 Å². The number of nitrogens with two attached hydrogens (primary N) is 1.